The van der Waals surface area contributed by atoms with Gasteiger partial charge >= 0.3 is 0 Å². The van der Waals surface area contributed by atoms with E-state index in [0.29, 0.717) is 11.7 Å². The zero-order valence-electron chi connectivity index (χ0n) is 12.7. The second kappa shape index (κ2) is 6.05. The van der Waals surface area contributed by atoms with Crippen LogP contribution in [0.15, 0.2) is 30.3 Å². The minimum atomic E-state index is -0.206. The molecule has 0 aliphatic heterocycles. The third kappa shape index (κ3) is 3.03. The van der Waals surface area contributed by atoms with Gasteiger partial charge in [-0.15, -0.1) is 0 Å². The molecule has 1 saturated carbocycles. The van der Waals surface area contributed by atoms with Crippen molar-refractivity contribution in [2.75, 3.05) is 12.4 Å². The lowest BCUT2D eigenvalue weighted by Crippen LogP contribution is -2.09. The number of rotatable bonds is 5. The first-order valence-corrected chi connectivity index (χ1v) is 7.36. The number of para-hydroxylation sites is 1. The van der Waals surface area contributed by atoms with Gasteiger partial charge in [0.25, 0.3) is 0 Å². The summed E-state index contributed by atoms with van der Waals surface area (Å²) in [5.74, 6) is 1.72. The van der Waals surface area contributed by atoms with Crippen molar-refractivity contribution in [3.63, 3.8) is 0 Å². The fourth-order valence-corrected chi connectivity index (χ4v) is 2.43. The second-order valence-electron chi connectivity index (χ2n) is 5.45. The van der Waals surface area contributed by atoms with E-state index >= 15 is 0 Å². The summed E-state index contributed by atoms with van der Waals surface area (Å²) in [6.45, 7) is 1.98. The number of amides is 1. The molecule has 3 rings (SSSR count). The van der Waals surface area contributed by atoms with Crippen LogP contribution < -0.4 is 10.1 Å². The average molecular weight is 297 g/mol. The Morgan fingerprint density at radius 2 is 2.18 bits per heavy atom. The van der Waals surface area contributed by atoms with E-state index in [-0.39, 0.29) is 5.91 Å². The van der Waals surface area contributed by atoms with Crippen LogP contribution in [0.5, 0.6) is 5.75 Å². The molecule has 1 amide bonds. The lowest BCUT2D eigenvalue weighted by Gasteiger charge is -2.03. The number of carbonyl (C=O) groups is 1. The normalized spacial score (nSPS) is 14.3. The standard InChI is InChI=1S/C17H19N3O2/c1-11-16(13-7-8-13)19-20-17(11)18-15(21)10-9-12-5-3-4-6-14(12)22-2/h3-6,9-10,13H,7-8H2,1-2H3,(H2,18,19,20,21)/b10-9+. The zero-order valence-corrected chi connectivity index (χ0v) is 12.7. The number of aromatic amines is 1. The van der Waals surface area contributed by atoms with Crippen LogP contribution in [0.2, 0.25) is 0 Å². The molecule has 1 heterocycles. The number of ether oxygens (including phenoxy) is 1. The summed E-state index contributed by atoms with van der Waals surface area (Å²) in [7, 11) is 1.61. The van der Waals surface area contributed by atoms with E-state index in [0.717, 1.165) is 22.6 Å². The molecule has 0 spiro atoms. The summed E-state index contributed by atoms with van der Waals surface area (Å²) in [5.41, 5.74) is 3.03. The Hall–Kier alpha value is -2.56. The van der Waals surface area contributed by atoms with Gasteiger partial charge in [0.2, 0.25) is 5.91 Å². The predicted molar refractivity (Wildman–Crippen MR) is 86.0 cm³/mol. The third-order valence-corrected chi connectivity index (χ3v) is 3.83. The van der Waals surface area contributed by atoms with Crippen LogP contribution in [-0.4, -0.2) is 23.2 Å². The molecule has 1 fully saturated rings. The van der Waals surface area contributed by atoms with E-state index in [4.69, 9.17) is 4.74 Å². The summed E-state index contributed by atoms with van der Waals surface area (Å²) >= 11 is 0. The van der Waals surface area contributed by atoms with E-state index in [2.05, 4.69) is 15.5 Å². The number of benzene rings is 1. The number of nitrogens with zero attached hydrogens (tertiary/aromatic N) is 1. The highest BCUT2D eigenvalue weighted by Gasteiger charge is 2.28. The highest BCUT2D eigenvalue weighted by atomic mass is 16.5. The van der Waals surface area contributed by atoms with E-state index < -0.39 is 0 Å². The van der Waals surface area contributed by atoms with Gasteiger partial charge in [0.15, 0.2) is 5.82 Å². The quantitative estimate of drug-likeness (QED) is 0.832. The molecule has 1 aromatic heterocycles. The number of carbonyl (C=O) groups excluding carboxylic acids is 1. The van der Waals surface area contributed by atoms with E-state index in [1.807, 2.05) is 31.2 Å². The monoisotopic (exact) mass is 297 g/mol. The first kappa shape index (κ1) is 14.4. The fourth-order valence-electron chi connectivity index (χ4n) is 2.43. The number of hydrogen-bond donors (Lipinski definition) is 2. The van der Waals surface area contributed by atoms with Crippen LogP contribution in [-0.2, 0) is 4.79 Å². The van der Waals surface area contributed by atoms with Crippen molar-refractivity contribution in [3.8, 4) is 5.75 Å². The molecule has 114 valence electrons. The van der Waals surface area contributed by atoms with Crippen LogP contribution in [0.25, 0.3) is 6.08 Å². The summed E-state index contributed by atoms with van der Waals surface area (Å²) in [5, 5.41) is 10.0. The number of H-pyrrole nitrogens is 1. The van der Waals surface area contributed by atoms with Gasteiger partial charge in [-0.05, 0) is 31.9 Å². The topological polar surface area (TPSA) is 67.0 Å². The molecule has 0 saturated heterocycles. The van der Waals surface area contributed by atoms with Gasteiger partial charge in [-0.25, -0.2) is 0 Å². The number of aromatic nitrogens is 2. The molecule has 2 aromatic rings. The Kier molecular flexibility index (Phi) is 3.96. The molecule has 0 unspecified atom stereocenters. The lowest BCUT2D eigenvalue weighted by molar-refractivity contribution is -0.111. The number of methoxy groups -OCH3 is 1. The molecule has 0 atom stereocenters. The molecule has 1 aromatic carbocycles. The number of nitrogens with one attached hydrogen (secondary N) is 2. The van der Waals surface area contributed by atoms with Gasteiger partial charge in [-0.2, -0.15) is 5.10 Å². The highest BCUT2D eigenvalue weighted by Crippen LogP contribution is 2.41. The number of hydrogen-bond acceptors (Lipinski definition) is 3. The van der Waals surface area contributed by atoms with Crippen LogP contribution >= 0.6 is 0 Å². The summed E-state index contributed by atoms with van der Waals surface area (Å²) in [6.07, 6.45) is 5.62. The lowest BCUT2D eigenvalue weighted by atomic mass is 10.2. The molecule has 2 N–H and O–H groups in total. The van der Waals surface area contributed by atoms with Gasteiger partial charge in [0, 0.05) is 28.8 Å². The first-order chi connectivity index (χ1) is 10.7. The summed E-state index contributed by atoms with van der Waals surface area (Å²) in [4.78, 5) is 12.0. The Morgan fingerprint density at radius 1 is 1.41 bits per heavy atom. The van der Waals surface area contributed by atoms with Gasteiger partial charge in [0.1, 0.15) is 5.75 Å². The minimum Gasteiger partial charge on any atom is -0.496 e. The second-order valence-corrected chi connectivity index (χ2v) is 5.45. The predicted octanol–water partition coefficient (Wildman–Crippen LogP) is 3.26. The maximum Gasteiger partial charge on any atom is 0.249 e. The number of anilines is 1. The third-order valence-electron chi connectivity index (χ3n) is 3.83. The van der Waals surface area contributed by atoms with Crippen molar-refractivity contribution in [1.29, 1.82) is 0 Å². The Labute approximate surface area is 129 Å². The zero-order chi connectivity index (χ0) is 15.5. The minimum absolute atomic E-state index is 0.206. The maximum atomic E-state index is 12.0. The summed E-state index contributed by atoms with van der Waals surface area (Å²) < 4.78 is 5.25. The Bertz CT molecular complexity index is 714. The van der Waals surface area contributed by atoms with Gasteiger partial charge in [-0.3, -0.25) is 9.89 Å². The molecule has 5 heteroatoms. The van der Waals surface area contributed by atoms with Crippen LogP contribution in [0.3, 0.4) is 0 Å². The summed E-state index contributed by atoms with van der Waals surface area (Å²) in [6, 6.07) is 7.55. The molecule has 1 aliphatic carbocycles. The van der Waals surface area contributed by atoms with Gasteiger partial charge in [-0.1, -0.05) is 18.2 Å². The van der Waals surface area contributed by atoms with Crippen LogP contribution in [0.4, 0.5) is 5.82 Å². The largest absolute Gasteiger partial charge is 0.496 e. The van der Waals surface area contributed by atoms with Crippen molar-refractivity contribution < 1.29 is 9.53 Å². The van der Waals surface area contributed by atoms with Crippen LogP contribution in [0, 0.1) is 6.92 Å². The molecular weight excluding hydrogens is 278 g/mol. The van der Waals surface area contributed by atoms with E-state index in [1.54, 1.807) is 13.2 Å². The molecular formula is C17H19N3O2. The van der Waals surface area contributed by atoms with Crippen molar-refractivity contribution in [2.24, 2.45) is 0 Å². The first-order valence-electron chi connectivity index (χ1n) is 7.36. The smallest absolute Gasteiger partial charge is 0.249 e. The molecule has 0 bridgehead atoms. The Balaban J connectivity index is 1.68. The van der Waals surface area contributed by atoms with Crippen LogP contribution in [0.1, 0.15) is 35.6 Å². The fraction of sp³-hybridized carbons (Fsp3) is 0.294. The molecule has 1 aliphatic rings. The maximum absolute atomic E-state index is 12.0. The van der Waals surface area contributed by atoms with Crippen molar-refractivity contribution >= 4 is 17.8 Å². The van der Waals surface area contributed by atoms with E-state index in [1.165, 1.54) is 18.9 Å². The van der Waals surface area contributed by atoms with Crippen molar-refractivity contribution in [3.05, 3.63) is 47.2 Å². The van der Waals surface area contributed by atoms with Gasteiger partial charge < -0.3 is 10.1 Å². The SMILES string of the molecule is COc1ccccc1/C=C/C(=O)Nc1n[nH]c(C2CC2)c1C. The van der Waals surface area contributed by atoms with Crippen molar-refractivity contribution in [2.45, 2.75) is 25.7 Å². The highest BCUT2D eigenvalue weighted by molar-refractivity contribution is 6.02. The molecule has 5 nitrogen and oxygen atoms in total. The average Bonchev–Trinajstić information content (AvgIpc) is 3.31. The van der Waals surface area contributed by atoms with Gasteiger partial charge in [0.05, 0.1) is 7.11 Å². The van der Waals surface area contributed by atoms with E-state index in [9.17, 15) is 4.79 Å². The van der Waals surface area contributed by atoms with Crippen molar-refractivity contribution in [1.82, 2.24) is 10.2 Å². The molecule has 22 heavy (non-hydrogen) atoms. The Morgan fingerprint density at radius 3 is 2.91 bits per heavy atom. The molecule has 0 radical (unpaired) electrons.